The van der Waals surface area contributed by atoms with Gasteiger partial charge in [0.25, 0.3) is 5.91 Å². The second-order valence-corrected chi connectivity index (χ2v) is 9.40. The number of aliphatic hydroxyl groups is 1. The van der Waals surface area contributed by atoms with Crippen molar-refractivity contribution in [3.05, 3.63) is 53.6 Å². The van der Waals surface area contributed by atoms with Gasteiger partial charge in [0, 0.05) is 35.3 Å². The lowest BCUT2D eigenvalue weighted by Crippen LogP contribution is -2.46. The summed E-state index contributed by atoms with van der Waals surface area (Å²) in [7, 11) is 0. The summed E-state index contributed by atoms with van der Waals surface area (Å²) in [6.45, 7) is 1.34. The second kappa shape index (κ2) is 8.48. The number of carbonyl (C=O) groups excluding carboxylic acids is 2. The van der Waals surface area contributed by atoms with E-state index in [4.69, 9.17) is 10.7 Å². The number of nitrogen functional groups attached to an aromatic ring is 1. The summed E-state index contributed by atoms with van der Waals surface area (Å²) in [6, 6.07) is 3.63. The highest BCUT2D eigenvalue weighted by Gasteiger charge is 2.45. The Labute approximate surface area is 205 Å². The van der Waals surface area contributed by atoms with E-state index in [-0.39, 0.29) is 47.9 Å². The number of pyridine rings is 1. The number of ketones is 1. The fraction of sp³-hybridized carbons (Fsp3) is 0.375. The van der Waals surface area contributed by atoms with Crippen LogP contribution in [-0.2, 0) is 6.61 Å². The second-order valence-electron chi connectivity index (χ2n) is 9.40. The number of anilines is 1. The molecule has 1 amide bonds. The monoisotopic (exact) mass is 487 g/mol. The van der Waals surface area contributed by atoms with E-state index in [0.29, 0.717) is 35.4 Å². The minimum absolute atomic E-state index is 0.0185. The Hall–Kier alpha value is -4.19. The normalized spacial score (nSPS) is 21.3. The summed E-state index contributed by atoms with van der Waals surface area (Å²) in [4.78, 5) is 41.0. The number of H-pyrrole nitrogens is 1. The van der Waals surface area contributed by atoms with Gasteiger partial charge >= 0.3 is 0 Å². The predicted octanol–water partition coefficient (Wildman–Crippen LogP) is 1.74. The summed E-state index contributed by atoms with van der Waals surface area (Å²) < 4.78 is 1.49. The van der Waals surface area contributed by atoms with Crippen molar-refractivity contribution >= 4 is 23.2 Å². The molecule has 4 aromatic rings. The first-order chi connectivity index (χ1) is 17.5. The lowest BCUT2D eigenvalue weighted by atomic mass is 9.85. The van der Waals surface area contributed by atoms with Crippen LogP contribution in [0.2, 0.25) is 0 Å². The van der Waals surface area contributed by atoms with Gasteiger partial charge in [0.15, 0.2) is 11.4 Å². The Balaban J connectivity index is 1.40. The molecule has 0 saturated carbocycles. The van der Waals surface area contributed by atoms with Crippen LogP contribution in [0, 0.1) is 0 Å². The molecule has 2 bridgehead atoms. The van der Waals surface area contributed by atoms with Crippen molar-refractivity contribution in [2.45, 2.75) is 57.2 Å². The lowest BCUT2D eigenvalue weighted by molar-refractivity contribution is 0.0556. The third-order valence-corrected chi connectivity index (χ3v) is 7.33. The summed E-state index contributed by atoms with van der Waals surface area (Å²) in [6.07, 6.45) is 7.77. The molecule has 4 aromatic heterocycles. The van der Waals surface area contributed by atoms with Gasteiger partial charge in [-0.2, -0.15) is 14.7 Å². The van der Waals surface area contributed by atoms with Crippen molar-refractivity contribution in [3.8, 4) is 11.1 Å². The molecule has 6 heterocycles. The molecule has 6 rings (SSSR count). The van der Waals surface area contributed by atoms with E-state index in [1.165, 1.54) is 17.8 Å². The Morgan fingerprint density at radius 2 is 1.94 bits per heavy atom. The molecule has 4 N–H and O–H groups in total. The molecule has 2 saturated heterocycles. The number of aromatic nitrogens is 7. The van der Waals surface area contributed by atoms with Crippen LogP contribution in [0.25, 0.3) is 16.8 Å². The smallest absolute Gasteiger partial charge is 0.291 e. The van der Waals surface area contributed by atoms with Crippen LogP contribution in [0.1, 0.15) is 70.9 Å². The van der Waals surface area contributed by atoms with E-state index in [2.05, 4.69) is 25.3 Å². The maximum atomic E-state index is 13.1. The van der Waals surface area contributed by atoms with E-state index in [1.54, 1.807) is 18.5 Å². The molecule has 0 aromatic carbocycles. The number of Topliss-reactive ketones (excluding diaryl/α,β-unsaturated/α-hetero) is 1. The van der Waals surface area contributed by atoms with Crippen LogP contribution in [0.3, 0.4) is 0 Å². The molecular weight excluding hydrogens is 462 g/mol. The Morgan fingerprint density at radius 1 is 1.17 bits per heavy atom. The first-order valence-electron chi connectivity index (χ1n) is 11.9. The third kappa shape index (κ3) is 3.44. The van der Waals surface area contributed by atoms with Crippen molar-refractivity contribution in [2.75, 3.05) is 5.73 Å². The number of aliphatic hydroxyl groups excluding tert-OH is 1. The Bertz CT molecular complexity index is 1450. The summed E-state index contributed by atoms with van der Waals surface area (Å²) in [5, 5.41) is 20.2. The highest BCUT2D eigenvalue weighted by molar-refractivity contribution is 6.00. The first kappa shape index (κ1) is 22.3. The first-order valence-corrected chi connectivity index (χ1v) is 11.9. The van der Waals surface area contributed by atoms with Crippen LogP contribution in [-0.4, -0.2) is 68.5 Å². The van der Waals surface area contributed by atoms with E-state index in [9.17, 15) is 14.7 Å². The molecule has 36 heavy (non-hydrogen) atoms. The number of rotatable bonds is 5. The number of hydrogen-bond acceptors (Lipinski definition) is 9. The molecule has 0 spiro atoms. The SMILES string of the molecule is CC(=O)c1c(C2CC3CCC(C2)N3C(=O)c2ncn[nH]2)nc2c(-c3ccc(CO)nc3)cnn2c1N. The number of nitrogens with zero attached hydrogens (tertiary/aromatic N) is 7. The van der Waals surface area contributed by atoms with Crippen molar-refractivity contribution in [3.63, 3.8) is 0 Å². The molecule has 2 aliphatic rings. The number of carbonyl (C=O) groups is 2. The van der Waals surface area contributed by atoms with Crippen molar-refractivity contribution in [1.29, 1.82) is 0 Å². The van der Waals surface area contributed by atoms with Gasteiger partial charge in [0.2, 0.25) is 5.82 Å². The molecule has 2 unspecified atom stereocenters. The van der Waals surface area contributed by atoms with Crippen molar-refractivity contribution in [2.24, 2.45) is 0 Å². The zero-order valence-corrected chi connectivity index (χ0v) is 19.6. The summed E-state index contributed by atoms with van der Waals surface area (Å²) in [5.41, 5.74) is 10.1. The van der Waals surface area contributed by atoms with Crippen LogP contribution in [0.5, 0.6) is 0 Å². The van der Waals surface area contributed by atoms with Gasteiger partial charge in [-0.25, -0.2) is 9.97 Å². The van der Waals surface area contributed by atoms with Gasteiger partial charge in [-0.05, 0) is 38.7 Å². The van der Waals surface area contributed by atoms with Gasteiger partial charge in [0.1, 0.15) is 12.1 Å². The fourth-order valence-corrected chi connectivity index (χ4v) is 5.73. The third-order valence-electron chi connectivity index (χ3n) is 7.33. The minimum Gasteiger partial charge on any atom is -0.390 e. The molecule has 184 valence electrons. The average Bonchev–Trinajstić information content (AvgIpc) is 3.62. The lowest BCUT2D eigenvalue weighted by Gasteiger charge is -2.38. The summed E-state index contributed by atoms with van der Waals surface area (Å²) >= 11 is 0. The van der Waals surface area contributed by atoms with Gasteiger partial charge < -0.3 is 15.7 Å². The quantitative estimate of drug-likeness (QED) is 0.355. The predicted molar refractivity (Wildman–Crippen MR) is 128 cm³/mol. The van der Waals surface area contributed by atoms with Gasteiger partial charge in [0.05, 0.1) is 29.8 Å². The highest BCUT2D eigenvalue weighted by atomic mass is 16.3. The standard InChI is InChI=1S/C24H25N9O3/c1-12(35)19-20(14-6-16-4-5-17(7-14)32(16)24(36)22-27-11-28-31-22)30-23-18(9-29-33(23)21(19)25)13-2-3-15(10-34)26-8-13/h2-3,8-9,11,14,16-17,34H,4-7,10,25H2,1H3,(H,27,28,31). The highest BCUT2D eigenvalue weighted by Crippen LogP contribution is 2.45. The maximum absolute atomic E-state index is 13.1. The topological polar surface area (TPSA) is 168 Å². The minimum atomic E-state index is -0.171. The Kier molecular flexibility index (Phi) is 5.25. The fourth-order valence-electron chi connectivity index (χ4n) is 5.73. The Morgan fingerprint density at radius 3 is 2.56 bits per heavy atom. The number of amides is 1. The average molecular weight is 488 g/mol. The van der Waals surface area contributed by atoms with Crippen LogP contribution < -0.4 is 5.73 Å². The largest absolute Gasteiger partial charge is 0.390 e. The number of nitrogens with one attached hydrogen (secondary N) is 1. The van der Waals surface area contributed by atoms with E-state index in [0.717, 1.165) is 24.0 Å². The van der Waals surface area contributed by atoms with E-state index in [1.807, 2.05) is 11.0 Å². The molecule has 12 heteroatoms. The zero-order chi connectivity index (χ0) is 25.0. The van der Waals surface area contributed by atoms with Crippen LogP contribution in [0.4, 0.5) is 5.82 Å². The van der Waals surface area contributed by atoms with Gasteiger partial charge in [-0.1, -0.05) is 6.07 Å². The molecule has 2 atom stereocenters. The van der Waals surface area contributed by atoms with Crippen molar-refractivity contribution in [1.82, 2.24) is 39.7 Å². The number of hydrogen-bond donors (Lipinski definition) is 3. The maximum Gasteiger partial charge on any atom is 0.291 e. The number of aromatic amines is 1. The molecule has 0 radical (unpaired) electrons. The van der Waals surface area contributed by atoms with Crippen LogP contribution in [0.15, 0.2) is 30.9 Å². The number of nitrogens with two attached hydrogens (primary N) is 1. The van der Waals surface area contributed by atoms with Gasteiger partial charge in [-0.15, -0.1) is 0 Å². The molecule has 12 nitrogen and oxygen atoms in total. The molecular formula is C24H25N9O3. The number of piperidine rings is 1. The summed E-state index contributed by atoms with van der Waals surface area (Å²) in [5.74, 6) is 0.134. The van der Waals surface area contributed by atoms with E-state index >= 15 is 0 Å². The molecule has 0 aliphatic carbocycles. The molecule has 2 aliphatic heterocycles. The van der Waals surface area contributed by atoms with Crippen LogP contribution >= 0.6 is 0 Å². The number of fused-ring (bicyclic) bond motifs is 3. The van der Waals surface area contributed by atoms with Crippen molar-refractivity contribution < 1.29 is 14.7 Å². The zero-order valence-electron chi connectivity index (χ0n) is 19.6. The van der Waals surface area contributed by atoms with Gasteiger partial charge in [-0.3, -0.25) is 19.7 Å². The molecule has 2 fully saturated rings. The van der Waals surface area contributed by atoms with E-state index < -0.39 is 0 Å².